The van der Waals surface area contributed by atoms with Crippen molar-refractivity contribution in [3.8, 4) is 0 Å². The largest absolute Gasteiger partial charge is 0.311 e. The molecular weight excluding hydrogens is 258 g/mol. The van der Waals surface area contributed by atoms with E-state index in [9.17, 15) is 0 Å². The van der Waals surface area contributed by atoms with Crippen LogP contribution >= 0.6 is 0 Å². The van der Waals surface area contributed by atoms with Gasteiger partial charge >= 0.3 is 0 Å². The van der Waals surface area contributed by atoms with Gasteiger partial charge in [0.25, 0.3) is 0 Å². The van der Waals surface area contributed by atoms with Gasteiger partial charge in [0.15, 0.2) is 0 Å². The minimum absolute atomic E-state index is 0.183. The molecule has 0 fully saturated rings. The molecular formula is C18H33N3. The maximum atomic E-state index is 4.40. The number of pyridine rings is 1. The SMILES string of the molecule is CCC(C)(CNC(C)(C)C)CN(C)CCc1ccccn1. The number of rotatable bonds is 8. The van der Waals surface area contributed by atoms with Gasteiger partial charge in [-0.25, -0.2) is 0 Å². The molecule has 1 aromatic heterocycles. The lowest BCUT2D eigenvalue weighted by atomic mass is 9.86. The molecule has 1 heterocycles. The molecule has 1 N–H and O–H groups in total. The van der Waals surface area contributed by atoms with Crippen molar-refractivity contribution in [3.05, 3.63) is 30.1 Å². The third-order valence-electron chi connectivity index (χ3n) is 4.03. The van der Waals surface area contributed by atoms with E-state index in [1.807, 2.05) is 12.3 Å². The summed E-state index contributed by atoms with van der Waals surface area (Å²) in [4.78, 5) is 6.83. The van der Waals surface area contributed by atoms with Gasteiger partial charge in [0, 0.05) is 43.5 Å². The molecule has 0 aliphatic carbocycles. The van der Waals surface area contributed by atoms with Crippen LogP contribution in [-0.2, 0) is 6.42 Å². The van der Waals surface area contributed by atoms with Crippen molar-refractivity contribution in [1.82, 2.24) is 15.2 Å². The zero-order valence-corrected chi connectivity index (χ0v) is 14.7. The van der Waals surface area contributed by atoms with Gasteiger partial charge in [0.1, 0.15) is 0 Å². The van der Waals surface area contributed by atoms with E-state index in [4.69, 9.17) is 0 Å². The second kappa shape index (κ2) is 7.90. The van der Waals surface area contributed by atoms with E-state index < -0.39 is 0 Å². The maximum absolute atomic E-state index is 4.40. The Hall–Kier alpha value is -0.930. The summed E-state index contributed by atoms with van der Waals surface area (Å²) in [5.41, 5.74) is 1.67. The van der Waals surface area contributed by atoms with Crippen LogP contribution in [0.1, 0.15) is 46.7 Å². The van der Waals surface area contributed by atoms with Gasteiger partial charge in [-0.05, 0) is 51.8 Å². The summed E-state index contributed by atoms with van der Waals surface area (Å²) in [7, 11) is 2.22. The molecule has 3 heteroatoms. The lowest BCUT2D eigenvalue weighted by Crippen LogP contribution is -2.47. The average molecular weight is 291 g/mol. The molecule has 1 rings (SSSR count). The van der Waals surface area contributed by atoms with Gasteiger partial charge in [-0.1, -0.05) is 19.9 Å². The van der Waals surface area contributed by atoms with E-state index in [0.29, 0.717) is 5.41 Å². The Labute approximate surface area is 131 Å². The lowest BCUT2D eigenvalue weighted by Gasteiger charge is -2.36. The molecule has 1 aromatic rings. The van der Waals surface area contributed by atoms with Crippen molar-refractivity contribution in [3.63, 3.8) is 0 Å². The normalized spacial score (nSPS) is 15.2. The molecule has 3 nitrogen and oxygen atoms in total. The van der Waals surface area contributed by atoms with Gasteiger partial charge in [-0.2, -0.15) is 0 Å². The van der Waals surface area contributed by atoms with Gasteiger partial charge in [0.2, 0.25) is 0 Å². The van der Waals surface area contributed by atoms with Crippen LogP contribution in [0.15, 0.2) is 24.4 Å². The molecule has 0 aliphatic heterocycles. The number of hydrogen-bond acceptors (Lipinski definition) is 3. The van der Waals surface area contributed by atoms with E-state index in [1.54, 1.807) is 0 Å². The van der Waals surface area contributed by atoms with Crippen LogP contribution in [0.2, 0.25) is 0 Å². The molecule has 0 spiro atoms. The van der Waals surface area contributed by atoms with Crippen molar-refractivity contribution in [1.29, 1.82) is 0 Å². The predicted octanol–water partition coefficient (Wildman–Crippen LogP) is 3.36. The third kappa shape index (κ3) is 7.58. The Morgan fingerprint density at radius 1 is 1.19 bits per heavy atom. The zero-order chi connectivity index (χ0) is 15.9. The average Bonchev–Trinajstić information content (AvgIpc) is 2.43. The number of likely N-dealkylation sites (N-methyl/N-ethyl adjacent to an activating group) is 1. The molecule has 0 aromatic carbocycles. The molecule has 0 amide bonds. The van der Waals surface area contributed by atoms with Gasteiger partial charge in [-0.3, -0.25) is 4.98 Å². The summed E-state index contributed by atoms with van der Waals surface area (Å²) in [5, 5.41) is 3.65. The van der Waals surface area contributed by atoms with Crippen LogP contribution in [-0.4, -0.2) is 42.1 Å². The first-order chi connectivity index (χ1) is 9.74. The molecule has 0 saturated carbocycles. The van der Waals surface area contributed by atoms with Crippen molar-refractivity contribution >= 4 is 0 Å². The fraction of sp³-hybridized carbons (Fsp3) is 0.722. The summed E-state index contributed by atoms with van der Waals surface area (Å²) >= 11 is 0. The number of nitrogens with one attached hydrogen (secondary N) is 1. The predicted molar refractivity (Wildman–Crippen MR) is 91.6 cm³/mol. The van der Waals surface area contributed by atoms with Crippen LogP contribution in [0.5, 0.6) is 0 Å². The smallest absolute Gasteiger partial charge is 0.0416 e. The Balaban J connectivity index is 2.44. The lowest BCUT2D eigenvalue weighted by molar-refractivity contribution is 0.169. The molecule has 0 saturated heterocycles. The molecule has 120 valence electrons. The number of hydrogen-bond donors (Lipinski definition) is 1. The monoisotopic (exact) mass is 291 g/mol. The first-order valence-corrected chi connectivity index (χ1v) is 8.08. The highest BCUT2D eigenvalue weighted by molar-refractivity contribution is 5.03. The standard InChI is InChI=1S/C18H33N3/c1-7-18(5,14-20-17(2,3)4)15-21(6)13-11-16-10-8-9-12-19-16/h8-10,12,20H,7,11,13-15H2,1-6H3. The van der Waals surface area contributed by atoms with E-state index in [-0.39, 0.29) is 5.54 Å². The minimum Gasteiger partial charge on any atom is -0.311 e. The highest BCUT2D eigenvalue weighted by Gasteiger charge is 2.25. The van der Waals surface area contributed by atoms with Crippen LogP contribution in [0, 0.1) is 5.41 Å². The maximum Gasteiger partial charge on any atom is 0.0416 e. The van der Waals surface area contributed by atoms with E-state index in [2.05, 4.69) is 69.0 Å². The second-order valence-electron chi connectivity index (χ2n) is 7.58. The van der Waals surface area contributed by atoms with Crippen molar-refractivity contribution in [2.45, 2.75) is 53.0 Å². The van der Waals surface area contributed by atoms with Crippen LogP contribution < -0.4 is 5.32 Å². The van der Waals surface area contributed by atoms with Crippen molar-refractivity contribution in [2.75, 3.05) is 26.7 Å². The van der Waals surface area contributed by atoms with E-state index >= 15 is 0 Å². The van der Waals surface area contributed by atoms with Crippen molar-refractivity contribution < 1.29 is 0 Å². The Morgan fingerprint density at radius 2 is 1.90 bits per heavy atom. The highest BCUT2D eigenvalue weighted by atomic mass is 15.1. The summed E-state index contributed by atoms with van der Waals surface area (Å²) in [6.45, 7) is 14.6. The minimum atomic E-state index is 0.183. The summed E-state index contributed by atoms with van der Waals surface area (Å²) < 4.78 is 0. The van der Waals surface area contributed by atoms with Gasteiger partial charge < -0.3 is 10.2 Å². The molecule has 21 heavy (non-hydrogen) atoms. The Kier molecular flexibility index (Phi) is 6.82. The van der Waals surface area contributed by atoms with Crippen molar-refractivity contribution in [2.24, 2.45) is 5.41 Å². The van der Waals surface area contributed by atoms with E-state index in [1.165, 1.54) is 12.1 Å². The summed E-state index contributed by atoms with van der Waals surface area (Å²) in [6, 6.07) is 6.14. The topological polar surface area (TPSA) is 28.2 Å². The van der Waals surface area contributed by atoms with Crippen LogP contribution in [0.25, 0.3) is 0 Å². The van der Waals surface area contributed by atoms with Gasteiger partial charge in [0.05, 0.1) is 0 Å². The number of nitrogens with zero attached hydrogens (tertiary/aromatic N) is 2. The van der Waals surface area contributed by atoms with Crippen LogP contribution in [0.3, 0.4) is 0 Å². The molecule has 0 aliphatic rings. The molecule has 0 bridgehead atoms. The first kappa shape index (κ1) is 18.1. The fourth-order valence-electron chi connectivity index (χ4n) is 2.35. The quantitative estimate of drug-likeness (QED) is 0.796. The van der Waals surface area contributed by atoms with Crippen LogP contribution in [0.4, 0.5) is 0 Å². The summed E-state index contributed by atoms with van der Waals surface area (Å²) in [5.74, 6) is 0. The molecule has 1 unspecified atom stereocenters. The molecule has 0 radical (unpaired) electrons. The highest BCUT2D eigenvalue weighted by Crippen LogP contribution is 2.22. The number of aromatic nitrogens is 1. The second-order valence-corrected chi connectivity index (χ2v) is 7.58. The summed E-state index contributed by atoms with van der Waals surface area (Å²) in [6.07, 6.45) is 4.08. The first-order valence-electron chi connectivity index (χ1n) is 8.08. The van der Waals surface area contributed by atoms with E-state index in [0.717, 1.165) is 26.1 Å². The third-order valence-corrected chi connectivity index (χ3v) is 4.03. The Morgan fingerprint density at radius 3 is 2.43 bits per heavy atom. The molecule has 1 atom stereocenters. The fourth-order valence-corrected chi connectivity index (χ4v) is 2.35. The van der Waals surface area contributed by atoms with Gasteiger partial charge in [-0.15, -0.1) is 0 Å². The Bertz CT molecular complexity index is 397. The zero-order valence-electron chi connectivity index (χ0n) is 14.7.